The molecule has 18 heavy (non-hydrogen) atoms. The fourth-order valence-corrected chi connectivity index (χ4v) is 2.17. The predicted octanol–water partition coefficient (Wildman–Crippen LogP) is 1.98. The Bertz CT molecular complexity index is 482. The van der Waals surface area contributed by atoms with E-state index in [-0.39, 0.29) is 18.4 Å². The van der Waals surface area contributed by atoms with E-state index in [1.54, 1.807) is 6.20 Å². The third-order valence-electron chi connectivity index (χ3n) is 2.51. The Morgan fingerprint density at radius 2 is 2.11 bits per heavy atom. The highest BCUT2D eigenvalue weighted by atomic mass is 32.2. The molecule has 5 heteroatoms. The normalized spacial score (nSPS) is 14.7. The van der Waals surface area contributed by atoms with E-state index >= 15 is 0 Å². The molecule has 0 atom stereocenters. The van der Waals surface area contributed by atoms with Crippen LogP contribution in [0.2, 0.25) is 0 Å². The number of rotatable bonds is 3. The van der Waals surface area contributed by atoms with Crippen LogP contribution in [0.15, 0.2) is 35.9 Å². The minimum Gasteiger partial charge on any atom is -0.325 e. The van der Waals surface area contributed by atoms with Crippen LogP contribution in [-0.2, 0) is 9.59 Å². The number of hydrogen-bond acceptors (Lipinski definition) is 3. The lowest BCUT2D eigenvalue weighted by atomic mass is 10.2. The van der Waals surface area contributed by atoms with E-state index in [1.807, 2.05) is 36.6 Å². The second-order valence-corrected chi connectivity index (χ2v) is 4.93. The van der Waals surface area contributed by atoms with Gasteiger partial charge in [0.15, 0.2) is 0 Å². The topological polar surface area (TPSA) is 49.4 Å². The highest BCUT2D eigenvalue weighted by Gasteiger charge is 2.17. The van der Waals surface area contributed by atoms with E-state index in [0.717, 1.165) is 11.3 Å². The van der Waals surface area contributed by atoms with Gasteiger partial charge in [0.25, 0.3) is 0 Å². The molecule has 1 aliphatic rings. The van der Waals surface area contributed by atoms with Crippen molar-refractivity contribution in [3.05, 3.63) is 41.4 Å². The number of benzene rings is 1. The minimum atomic E-state index is -0.191. The van der Waals surface area contributed by atoms with Crippen molar-refractivity contribution < 1.29 is 9.59 Å². The molecule has 0 saturated heterocycles. The molecule has 1 aromatic rings. The first-order chi connectivity index (χ1) is 8.65. The Morgan fingerprint density at radius 3 is 2.78 bits per heavy atom. The van der Waals surface area contributed by atoms with Gasteiger partial charge < -0.3 is 10.2 Å². The highest BCUT2D eigenvalue weighted by molar-refractivity contribution is 8.02. The number of nitrogens with one attached hydrogen (secondary N) is 1. The first kappa shape index (κ1) is 12.7. The number of nitrogens with zero attached hydrogens (tertiary/aromatic N) is 1. The first-order valence-corrected chi connectivity index (χ1v) is 6.64. The molecule has 0 spiro atoms. The Labute approximate surface area is 110 Å². The number of thioether (sulfide) groups is 1. The molecular weight excluding hydrogens is 248 g/mol. The lowest BCUT2D eigenvalue weighted by Crippen LogP contribution is -2.36. The fraction of sp³-hybridized carbons (Fsp3) is 0.231. The number of hydrogen-bond donors (Lipinski definition) is 1. The fourth-order valence-electron chi connectivity index (χ4n) is 1.53. The highest BCUT2D eigenvalue weighted by Crippen LogP contribution is 2.13. The molecule has 0 bridgehead atoms. The Hall–Kier alpha value is -1.75. The quantitative estimate of drug-likeness (QED) is 0.906. The molecule has 1 aliphatic heterocycles. The SMILES string of the molecule is Cc1ccc(NC(=O)CN2C=CSCC2=O)cc1. The van der Waals surface area contributed by atoms with Gasteiger partial charge in [0, 0.05) is 11.9 Å². The molecule has 2 rings (SSSR count). The van der Waals surface area contributed by atoms with Crippen molar-refractivity contribution in [2.24, 2.45) is 0 Å². The maximum atomic E-state index is 11.8. The molecule has 4 nitrogen and oxygen atoms in total. The second-order valence-electron chi connectivity index (χ2n) is 4.03. The summed E-state index contributed by atoms with van der Waals surface area (Å²) in [7, 11) is 0. The summed E-state index contributed by atoms with van der Waals surface area (Å²) in [6, 6.07) is 7.55. The van der Waals surface area contributed by atoms with Gasteiger partial charge in [0.1, 0.15) is 6.54 Å². The average Bonchev–Trinajstić information content (AvgIpc) is 2.35. The predicted molar refractivity (Wildman–Crippen MR) is 73.1 cm³/mol. The minimum absolute atomic E-state index is 0.0402. The van der Waals surface area contributed by atoms with E-state index < -0.39 is 0 Å². The van der Waals surface area contributed by atoms with E-state index in [9.17, 15) is 9.59 Å². The van der Waals surface area contributed by atoms with Crippen LogP contribution in [0.5, 0.6) is 0 Å². The summed E-state index contributed by atoms with van der Waals surface area (Å²) in [4.78, 5) is 24.7. The van der Waals surface area contributed by atoms with Crippen LogP contribution >= 0.6 is 11.8 Å². The maximum Gasteiger partial charge on any atom is 0.244 e. The monoisotopic (exact) mass is 262 g/mol. The van der Waals surface area contributed by atoms with Crippen molar-refractivity contribution in [1.82, 2.24) is 4.90 Å². The third-order valence-corrected chi connectivity index (χ3v) is 3.24. The molecule has 1 aromatic carbocycles. The van der Waals surface area contributed by atoms with E-state index in [1.165, 1.54) is 16.7 Å². The van der Waals surface area contributed by atoms with Gasteiger partial charge >= 0.3 is 0 Å². The van der Waals surface area contributed by atoms with Crippen LogP contribution < -0.4 is 5.32 Å². The molecule has 0 saturated carbocycles. The van der Waals surface area contributed by atoms with E-state index in [0.29, 0.717) is 5.75 Å². The van der Waals surface area contributed by atoms with E-state index in [4.69, 9.17) is 0 Å². The van der Waals surface area contributed by atoms with Gasteiger partial charge in [0.05, 0.1) is 5.75 Å². The number of amides is 2. The summed E-state index contributed by atoms with van der Waals surface area (Å²) in [5, 5.41) is 4.58. The Balaban J connectivity index is 1.92. The standard InChI is InChI=1S/C13H14N2O2S/c1-10-2-4-11(5-3-10)14-12(16)8-15-6-7-18-9-13(15)17/h2-7H,8-9H2,1H3,(H,14,16). The van der Waals surface area contributed by atoms with E-state index in [2.05, 4.69) is 5.32 Å². The van der Waals surface area contributed by atoms with Gasteiger partial charge in [-0.2, -0.15) is 0 Å². The lowest BCUT2D eigenvalue weighted by Gasteiger charge is -2.20. The molecule has 0 aromatic heterocycles. The maximum absolute atomic E-state index is 11.8. The lowest BCUT2D eigenvalue weighted by molar-refractivity contribution is -0.129. The first-order valence-electron chi connectivity index (χ1n) is 5.59. The smallest absolute Gasteiger partial charge is 0.244 e. The summed E-state index contributed by atoms with van der Waals surface area (Å²) in [5.74, 6) is 0.166. The molecule has 0 aliphatic carbocycles. The van der Waals surface area contributed by atoms with Crippen LogP contribution in [0.1, 0.15) is 5.56 Å². The van der Waals surface area contributed by atoms with Gasteiger partial charge in [-0.3, -0.25) is 9.59 Å². The summed E-state index contributed by atoms with van der Waals surface area (Å²) in [5.41, 5.74) is 1.88. The van der Waals surface area contributed by atoms with Crippen molar-refractivity contribution in [3.8, 4) is 0 Å². The summed E-state index contributed by atoms with van der Waals surface area (Å²) < 4.78 is 0. The van der Waals surface area contributed by atoms with Gasteiger partial charge in [-0.15, -0.1) is 11.8 Å². The molecule has 2 amide bonds. The van der Waals surface area contributed by atoms with Gasteiger partial charge in [0.2, 0.25) is 11.8 Å². The summed E-state index contributed by atoms with van der Waals surface area (Å²) in [6.07, 6.45) is 1.64. The summed E-state index contributed by atoms with van der Waals surface area (Å²) in [6.45, 7) is 2.05. The van der Waals surface area contributed by atoms with Gasteiger partial charge in [-0.1, -0.05) is 17.7 Å². The average molecular weight is 262 g/mol. The summed E-state index contributed by atoms with van der Waals surface area (Å²) >= 11 is 1.44. The van der Waals surface area contributed by atoms with Gasteiger partial charge in [-0.05, 0) is 24.5 Å². The van der Waals surface area contributed by atoms with Crippen molar-refractivity contribution in [2.45, 2.75) is 6.92 Å². The number of carbonyl (C=O) groups is 2. The Kier molecular flexibility index (Phi) is 4.04. The zero-order valence-electron chi connectivity index (χ0n) is 10.1. The van der Waals surface area contributed by atoms with Crippen LogP contribution in [0, 0.1) is 6.92 Å². The van der Waals surface area contributed by atoms with Crippen molar-refractivity contribution in [1.29, 1.82) is 0 Å². The van der Waals surface area contributed by atoms with Crippen molar-refractivity contribution in [3.63, 3.8) is 0 Å². The van der Waals surface area contributed by atoms with Crippen LogP contribution in [0.25, 0.3) is 0 Å². The zero-order chi connectivity index (χ0) is 13.0. The van der Waals surface area contributed by atoms with Crippen LogP contribution in [0.4, 0.5) is 5.69 Å². The molecule has 94 valence electrons. The van der Waals surface area contributed by atoms with Crippen LogP contribution in [0.3, 0.4) is 0 Å². The molecule has 0 fully saturated rings. The third kappa shape index (κ3) is 3.37. The molecule has 1 N–H and O–H groups in total. The van der Waals surface area contributed by atoms with Gasteiger partial charge in [-0.25, -0.2) is 0 Å². The molecule has 0 unspecified atom stereocenters. The number of carbonyl (C=O) groups excluding carboxylic acids is 2. The van der Waals surface area contributed by atoms with Crippen molar-refractivity contribution >= 4 is 29.3 Å². The second kappa shape index (κ2) is 5.73. The number of anilines is 1. The largest absolute Gasteiger partial charge is 0.325 e. The Morgan fingerprint density at radius 1 is 1.39 bits per heavy atom. The van der Waals surface area contributed by atoms with Crippen LogP contribution in [-0.4, -0.2) is 29.0 Å². The molecule has 1 heterocycles. The van der Waals surface area contributed by atoms with Crippen molar-refractivity contribution in [2.75, 3.05) is 17.6 Å². The molecule has 0 radical (unpaired) electrons. The molecular formula is C13H14N2O2S. The number of aryl methyl sites for hydroxylation is 1. The zero-order valence-corrected chi connectivity index (χ0v) is 10.9.